The van der Waals surface area contributed by atoms with Crippen molar-refractivity contribution in [3.05, 3.63) is 34.4 Å². The fourth-order valence-electron chi connectivity index (χ4n) is 2.13. The SMILES string of the molecule is CCCCCCCCCC(=O)Nc1ccc([N+](=O)[O-])cc1. The van der Waals surface area contributed by atoms with Gasteiger partial charge in [0.15, 0.2) is 0 Å². The normalized spacial score (nSPS) is 10.3. The summed E-state index contributed by atoms with van der Waals surface area (Å²) in [5.74, 6) is -0.0302. The molecule has 21 heavy (non-hydrogen) atoms. The van der Waals surface area contributed by atoms with E-state index in [4.69, 9.17) is 0 Å². The molecule has 0 saturated heterocycles. The Kier molecular flexibility index (Phi) is 8.09. The average molecular weight is 292 g/mol. The molecule has 0 saturated carbocycles. The summed E-state index contributed by atoms with van der Waals surface area (Å²) in [7, 11) is 0. The van der Waals surface area contributed by atoms with Crippen LogP contribution in [0.4, 0.5) is 11.4 Å². The topological polar surface area (TPSA) is 72.2 Å². The van der Waals surface area contributed by atoms with Gasteiger partial charge in [0.05, 0.1) is 4.92 Å². The Labute approximate surface area is 125 Å². The van der Waals surface area contributed by atoms with Crippen LogP contribution in [0, 0.1) is 10.1 Å². The van der Waals surface area contributed by atoms with Crippen LogP contribution < -0.4 is 5.32 Å². The lowest BCUT2D eigenvalue weighted by atomic mass is 10.1. The number of rotatable bonds is 10. The van der Waals surface area contributed by atoms with Crippen molar-refractivity contribution in [1.29, 1.82) is 0 Å². The maximum atomic E-state index is 11.7. The van der Waals surface area contributed by atoms with Crippen LogP contribution >= 0.6 is 0 Å². The maximum absolute atomic E-state index is 11.7. The number of carbonyl (C=O) groups is 1. The van der Waals surface area contributed by atoms with Crippen molar-refractivity contribution in [3.63, 3.8) is 0 Å². The Morgan fingerprint density at radius 3 is 2.19 bits per heavy atom. The van der Waals surface area contributed by atoms with E-state index >= 15 is 0 Å². The number of hydrogen-bond donors (Lipinski definition) is 1. The van der Waals surface area contributed by atoms with Crippen molar-refractivity contribution in [1.82, 2.24) is 0 Å². The maximum Gasteiger partial charge on any atom is 0.269 e. The summed E-state index contributed by atoms with van der Waals surface area (Å²) in [6, 6.07) is 5.90. The molecule has 0 spiro atoms. The number of nitrogens with one attached hydrogen (secondary N) is 1. The number of amides is 1. The van der Waals surface area contributed by atoms with Gasteiger partial charge < -0.3 is 5.32 Å². The molecule has 1 amide bonds. The molecule has 0 aliphatic heterocycles. The van der Waals surface area contributed by atoms with Crippen molar-refractivity contribution in [3.8, 4) is 0 Å². The highest BCUT2D eigenvalue weighted by Gasteiger charge is 2.06. The number of nitrogens with zero attached hydrogens (tertiary/aromatic N) is 1. The molecule has 0 aromatic heterocycles. The zero-order valence-electron chi connectivity index (χ0n) is 12.6. The minimum absolute atomic E-state index is 0.0279. The second-order valence-electron chi connectivity index (χ2n) is 5.22. The van der Waals surface area contributed by atoms with Crippen molar-refractivity contribution >= 4 is 17.3 Å². The molecule has 1 rings (SSSR count). The van der Waals surface area contributed by atoms with E-state index < -0.39 is 4.92 Å². The fourth-order valence-corrected chi connectivity index (χ4v) is 2.13. The van der Waals surface area contributed by atoms with Crippen LogP contribution in [0.15, 0.2) is 24.3 Å². The van der Waals surface area contributed by atoms with Gasteiger partial charge >= 0.3 is 0 Å². The van der Waals surface area contributed by atoms with Crippen molar-refractivity contribution < 1.29 is 9.72 Å². The molecule has 0 heterocycles. The zero-order chi connectivity index (χ0) is 15.5. The molecule has 1 N–H and O–H groups in total. The van der Waals surface area contributed by atoms with Crippen molar-refractivity contribution in [2.24, 2.45) is 0 Å². The molecule has 0 atom stereocenters. The van der Waals surface area contributed by atoms with Crippen molar-refractivity contribution in [2.45, 2.75) is 58.3 Å². The minimum Gasteiger partial charge on any atom is -0.326 e. The third kappa shape index (κ3) is 7.44. The van der Waals surface area contributed by atoms with E-state index in [0.717, 1.165) is 12.8 Å². The first-order chi connectivity index (χ1) is 10.1. The standard InChI is InChI=1S/C16H24N2O3/c1-2-3-4-5-6-7-8-9-16(19)17-14-10-12-15(13-11-14)18(20)21/h10-13H,2-9H2,1H3,(H,17,19). The molecule has 5 nitrogen and oxygen atoms in total. The highest BCUT2D eigenvalue weighted by Crippen LogP contribution is 2.16. The van der Waals surface area contributed by atoms with Gasteiger partial charge in [0.2, 0.25) is 5.91 Å². The molecule has 0 bridgehead atoms. The Morgan fingerprint density at radius 1 is 1.05 bits per heavy atom. The zero-order valence-corrected chi connectivity index (χ0v) is 12.6. The van der Waals surface area contributed by atoms with Crippen LogP contribution in [0.25, 0.3) is 0 Å². The fraction of sp³-hybridized carbons (Fsp3) is 0.562. The number of nitro benzene ring substituents is 1. The molecule has 0 fully saturated rings. The molecular formula is C16H24N2O3. The van der Waals surface area contributed by atoms with E-state index in [0.29, 0.717) is 12.1 Å². The van der Waals surface area contributed by atoms with Gasteiger partial charge in [0, 0.05) is 24.2 Å². The second kappa shape index (κ2) is 9.91. The molecule has 1 aromatic rings. The van der Waals surface area contributed by atoms with Gasteiger partial charge in [0.1, 0.15) is 0 Å². The molecule has 0 unspecified atom stereocenters. The molecule has 5 heteroatoms. The summed E-state index contributed by atoms with van der Waals surface area (Å²) in [6.45, 7) is 2.20. The Bertz CT molecular complexity index is 443. The van der Waals surface area contributed by atoms with Gasteiger partial charge in [-0.2, -0.15) is 0 Å². The van der Waals surface area contributed by atoms with Gasteiger partial charge in [-0.3, -0.25) is 14.9 Å². The number of non-ortho nitro benzene ring substituents is 1. The van der Waals surface area contributed by atoms with Gasteiger partial charge in [-0.05, 0) is 18.6 Å². The van der Waals surface area contributed by atoms with E-state index in [1.54, 1.807) is 12.1 Å². The third-order valence-corrected chi connectivity index (χ3v) is 3.37. The van der Waals surface area contributed by atoms with Crippen molar-refractivity contribution in [2.75, 3.05) is 5.32 Å². The number of benzene rings is 1. The first-order valence-corrected chi connectivity index (χ1v) is 7.67. The monoisotopic (exact) mass is 292 g/mol. The van der Waals surface area contributed by atoms with Crippen LogP contribution in [0.3, 0.4) is 0 Å². The summed E-state index contributed by atoms with van der Waals surface area (Å²) < 4.78 is 0. The quantitative estimate of drug-likeness (QED) is 0.387. The van der Waals surface area contributed by atoms with Gasteiger partial charge in [0.25, 0.3) is 5.69 Å². The lowest BCUT2D eigenvalue weighted by Crippen LogP contribution is -2.10. The van der Waals surface area contributed by atoms with Gasteiger partial charge in [-0.25, -0.2) is 0 Å². The highest BCUT2D eigenvalue weighted by atomic mass is 16.6. The van der Waals surface area contributed by atoms with E-state index in [9.17, 15) is 14.9 Å². The lowest BCUT2D eigenvalue weighted by Gasteiger charge is -2.05. The van der Waals surface area contributed by atoms with E-state index in [1.165, 1.54) is 44.2 Å². The number of nitro groups is 1. The summed E-state index contributed by atoms with van der Waals surface area (Å²) in [6.07, 6.45) is 8.74. The predicted molar refractivity (Wildman–Crippen MR) is 84.3 cm³/mol. The summed E-state index contributed by atoms with van der Waals surface area (Å²) >= 11 is 0. The van der Waals surface area contributed by atoms with E-state index in [-0.39, 0.29) is 11.6 Å². The average Bonchev–Trinajstić information content (AvgIpc) is 2.47. The predicted octanol–water partition coefficient (Wildman–Crippen LogP) is 4.67. The minimum atomic E-state index is -0.454. The first-order valence-electron chi connectivity index (χ1n) is 7.67. The van der Waals surface area contributed by atoms with E-state index in [2.05, 4.69) is 12.2 Å². The van der Waals surface area contributed by atoms with Crippen LogP contribution in [-0.4, -0.2) is 10.8 Å². The summed E-state index contributed by atoms with van der Waals surface area (Å²) in [4.78, 5) is 21.8. The Morgan fingerprint density at radius 2 is 1.62 bits per heavy atom. The number of anilines is 1. The largest absolute Gasteiger partial charge is 0.326 e. The van der Waals surface area contributed by atoms with Crippen LogP contribution in [0.5, 0.6) is 0 Å². The molecule has 0 radical (unpaired) electrons. The van der Waals surface area contributed by atoms with Gasteiger partial charge in [-0.15, -0.1) is 0 Å². The number of hydrogen-bond acceptors (Lipinski definition) is 3. The van der Waals surface area contributed by atoms with Crippen LogP contribution in [0.1, 0.15) is 58.3 Å². The first kappa shape index (κ1) is 17.1. The molecule has 0 aliphatic carbocycles. The highest BCUT2D eigenvalue weighted by molar-refractivity contribution is 5.90. The second-order valence-corrected chi connectivity index (χ2v) is 5.22. The van der Waals surface area contributed by atoms with Crippen LogP contribution in [0.2, 0.25) is 0 Å². The molecular weight excluding hydrogens is 268 g/mol. The third-order valence-electron chi connectivity index (χ3n) is 3.37. The Balaban J connectivity index is 2.17. The smallest absolute Gasteiger partial charge is 0.269 e. The number of unbranched alkanes of at least 4 members (excludes halogenated alkanes) is 6. The Hall–Kier alpha value is -1.91. The lowest BCUT2D eigenvalue weighted by molar-refractivity contribution is -0.384. The summed E-state index contributed by atoms with van der Waals surface area (Å²) in [5.41, 5.74) is 0.633. The molecule has 116 valence electrons. The van der Waals surface area contributed by atoms with E-state index in [1.807, 2.05) is 0 Å². The van der Waals surface area contributed by atoms with Crippen LogP contribution in [-0.2, 0) is 4.79 Å². The summed E-state index contributed by atoms with van der Waals surface area (Å²) in [5, 5.41) is 13.3. The molecule has 1 aromatic carbocycles. The van der Waals surface area contributed by atoms with Gasteiger partial charge in [-0.1, -0.05) is 45.4 Å². The number of carbonyl (C=O) groups excluding carboxylic acids is 1. The molecule has 0 aliphatic rings.